The fourth-order valence-corrected chi connectivity index (χ4v) is 2.17. The zero-order chi connectivity index (χ0) is 15.0. The van der Waals surface area contributed by atoms with Gasteiger partial charge >= 0.3 is 0 Å². The van der Waals surface area contributed by atoms with Crippen LogP contribution < -0.4 is 11.5 Å². The predicted molar refractivity (Wildman–Crippen MR) is 77.0 cm³/mol. The highest BCUT2D eigenvalue weighted by Gasteiger charge is 2.42. The molecule has 0 spiro atoms. The van der Waals surface area contributed by atoms with Crippen LogP contribution in [0.1, 0.15) is 24.8 Å². The van der Waals surface area contributed by atoms with E-state index in [0.29, 0.717) is 24.9 Å². The SMILES string of the molecule is NCCCC[C@H](N)C(=O)C(Cl)(OC=O)c1ccccc1. The highest BCUT2D eigenvalue weighted by molar-refractivity contribution is 6.35. The van der Waals surface area contributed by atoms with Crippen molar-refractivity contribution in [2.75, 3.05) is 6.54 Å². The van der Waals surface area contributed by atoms with Crippen molar-refractivity contribution in [1.82, 2.24) is 0 Å². The number of ketones is 1. The molecule has 4 N–H and O–H groups in total. The summed E-state index contributed by atoms with van der Waals surface area (Å²) in [5.74, 6) is -0.533. The summed E-state index contributed by atoms with van der Waals surface area (Å²) in [6.07, 6.45) is 1.93. The van der Waals surface area contributed by atoms with Crippen molar-refractivity contribution < 1.29 is 14.3 Å². The quantitative estimate of drug-likeness (QED) is 0.407. The van der Waals surface area contributed by atoms with Crippen LogP contribution in [0.25, 0.3) is 0 Å². The molecule has 0 heterocycles. The number of ether oxygens (including phenoxy) is 1. The third-order valence-electron chi connectivity index (χ3n) is 2.98. The van der Waals surface area contributed by atoms with Gasteiger partial charge in [-0.1, -0.05) is 48.4 Å². The van der Waals surface area contributed by atoms with E-state index >= 15 is 0 Å². The Labute approximate surface area is 123 Å². The maximum atomic E-state index is 12.4. The third-order valence-corrected chi connectivity index (χ3v) is 3.47. The Hall–Kier alpha value is -1.43. The lowest BCUT2D eigenvalue weighted by Crippen LogP contribution is -2.44. The van der Waals surface area contributed by atoms with E-state index in [1.807, 2.05) is 0 Å². The number of benzene rings is 1. The fraction of sp³-hybridized carbons (Fsp3) is 0.429. The number of hydrogen-bond donors (Lipinski definition) is 2. The van der Waals surface area contributed by atoms with E-state index in [9.17, 15) is 9.59 Å². The summed E-state index contributed by atoms with van der Waals surface area (Å²) in [5.41, 5.74) is 11.6. The first-order valence-electron chi connectivity index (χ1n) is 6.42. The minimum absolute atomic E-state index is 0.157. The molecule has 6 heteroatoms. The van der Waals surface area contributed by atoms with Crippen LogP contribution in [0, 0.1) is 0 Å². The van der Waals surface area contributed by atoms with Gasteiger partial charge in [0.15, 0.2) is 0 Å². The van der Waals surface area contributed by atoms with Gasteiger partial charge in [-0.15, -0.1) is 0 Å². The van der Waals surface area contributed by atoms with Crippen LogP contribution in [0.15, 0.2) is 30.3 Å². The van der Waals surface area contributed by atoms with Gasteiger partial charge in [0.25, 0.3) is 11.5 Å². The van der Waals surface area contributed by atoms with E-state index < -0.39 is 16.9 Å². The molecule has 5 nitrogen and oxygen atoms in total. The van der Waals surface area contributed by atoms with Gasteiger partial charge in [-0.2, -0.15) is 0 Å². The smallest absolute Gasteiger partial charge is 0.295 e. The fourth-order valence-electron chi connectivity index (χ4n) is 1.87. The number of halogens is 1. The van der Waals surface area contributed by atoms with Crippen LogP contribution in [0.5, 0.6) is 0 Å². The number of rotatable bonds is 9. The molecule has 0 aliphatic heterocycles. The van der Waals surface area contributed by atoms with Crippen LogP contribution in [-0.2, 0) is 19.4 Å². The highest BCUT2D eigenvalue weighted by Crippen LogP contribution is 2.32. The summed E-state index contributed by atoms with van der Waals surface area (Å²) in [5, 5.41) is -1.87. The Kier molecular flexibility index (Phi) is 6.64. The number of unbranched alkanes of at least 4 members (excludes halogenated alkanes) is 1. The molecule has 0 aromatic heterocycles. The average Bonchev–Trinajstić information content (AvgIpc) is 2.47. The van der Waals surface area contributed by atoms with Gasteiger partial charge < -0.3 is 16.2 Å². The lowest BCUT2D eigenvalue weighted by Gasteiger charge is -2.26. The Morgan fingerprint density at radius 1 is 1.35 bits per heavy atom. The number of Topliss-reactive ketones (excluding diaryl/α,β-unsaturated/α-hetero) is 1. The highest BCUT2D eigenvalue weighted by atomic mass is 35.5. The maximum Gasteiger partial charge on any atom is 0.295 e. The number of hydrogen-bond acceptors (Lipinski definition) is 5. The van der Waals surface area contributed by atoms with E-state index in [-0.39, 0.29) is 6.47 Å². The van der Waals surface area contributed by atoms with Gasteiger partial charge in [-0.3, -0.25) is 9.59 Å². The van der Waals surface area contributed by atoms with Crippen molar-refractivity contribution in [1.29, 1.82) is 0 Å². The lowest BCUT2D eigenvalue weighted by atomic mass is 9.96. The van der Waals surface area contributed by atoms with Gasteiger partial charge in [-0.05, 0) is 19.4 Å². The zero-order valence-corrected chi connectivity index (χ0v) is 11.9. The monoisotopic (exact) mass is 298 g/mol. The van der Waals surface area contributed by atoms with Gasteiger partial charge in [0.2, 0.25) is 5.78 Å². The zero-order valence-electron chi connectivity index (χ0n) is 11.1. The van der Waals surface area contributed by atoms with Gasteiger partial charge in [-0.25, -0.2) is 0 Å². The number of carbonyl (C=O) groups excluding carboxylic acids is 2. The largest absolute Gasteiger partial charge is 0.433 e. The number of nitrogens with two attached hydrogens (primary N) is 2. The second-order valence-electron chi connectivity index (χ2n) is 4.43. The molecule has 1 rings (SSSR count). The number of alkyl halides is 1. The molecular formula is C14H19ClN2O3. The molecular weight excluding hydrogens is 280 g/mol. The molecule has 0 radical (unpaired) electrons. The first-order chi connectivity index (χ1) is 9.56. The summed E-state index contributed by atoms with van der Waals surface area (Å²) in [7, 11) is 0. The molecule has 110 valence electrons. The van der Waals surface area contributed by atoms with Crippen LogP contribution in [0.3, 0.4) is 0 Å². The maximum absolute atomic E-state index is 12.4. The summed E-state index contributed by atoms with van der Waals surface area (Å²) < 4.78 is 4.84. The molecule has 0 saturated heterocycles. The Morgan fingerprint density at radius 3 is 2.55 bits per heavy atom. The molecule has 0 saturated carbocycles. The van der Waals surface area contributed by atoms with Crippen molar-refractivity contribution >= 4 is 23.9 Å². The lowest BCUT2D eigenvalue weighted by molar-refractivity contribution is -0.149. The Morgan fingerprint density at radius 2 is 2.00 bits per heavy atom. The minimum Gasteiger partial charge on any atom is -0.433 e. The standard InChI is InChI=1S/C14H19ClN2O3/c15-14(20-10-18,11-6-2-1-3-7-11)13(19)12(17)8-4-5-9-16/h1-3,6-7,10,12H,4-5,8-9,16-17H2/t12-,14?/m0/s1. The Balaban J connectivity index is 2.89. The van der Waals surface area contributed by atoms with Crippen LogP contribution >= 0.6 is 11.6 Å². The normalized spacial score (nSPS) is 15.2. The molecule has 0 aliphatic rings. The molecule has 0 amide bonds. The molecule has 0 fully saturated rings. The predicted octanol–water partition coefficient (Wildman–Crippen LogP) is 1.28. The third kappa shape index (κ3) is 4.03. The molecule has 0 aliphatic carbocycles. The van der Waals surface area contributed by atoms with Crippen molar-refractivity contribution in [3.8, 4) is 0 Å². The van der Waals surface area contributed by atoms with Gasteiger partial charge in [0.1, 0.15) is 0 Å². The van der Waals surface area contributed by atoms with Crippen molar-refractivity contribution in [2.24, 2.45) is 11.5 Å². The van der Waals surface area contributed by atoms with E-state index in [1.165, 1.54) is 0 Å². The summed E-state index contributed by atoms with van der Waals surface area (Å²) in [6.45, 7) is 0.695. The Bertz CT molecular complexity index is 441. The summed E-state index contributed by atoms with van der Waals surface area (Å²) >= 11 is 6.22. The first kappa shape index (κ1) is 16.6. The van der Waals surface area contributed by atoms with Crippen LogP contribution in [0.2, 0.25) is 0 Å². The summed E-state index contributed by atoms with van der Waals surface area (Å²) in [6, 6.07) is 7.59. The molecule has 1 unspecified atom stereocenters. The van der Waals surface area contributed by atoms with E-state index in [1.54, 1.807) is 30.3 Å². The minimum atomic E-state index is -1.87. The number of carbonyl (C=O) groups is 2. The second-order valence-corrected chi connectivity index (χ2v) is 4.96. The van der Waals surface area contributed by atoms with Crippen LogP contribution in [0.4, 0.5) is 0 Å². The average molecular weight is 299 g/mol. The van der Waals surface area contributed by atoms with Gasteiger partial charge in [0.05, 0.1) is 6.04 Å². The molecule has 20 heavy (non-hydrogen) atoms. The van der Waals surface area contributed by atoms with E-state index in [0.717, 1.165) is 6.42 Å². The molecule has 1 aromatic rings. The van der Waals surface area contributed by atoms with E-state index in [2.05, 4.69) is 0 Å². The molecule has 1 aromatic carbocycles. The second kappa shape index (κ2) is 7.99. The molecule has 2 atom stereocenters. The van der Waals surface area contributed by atoms with Crippen molar-refractivity contribution in [3.05, 3.63) is 35.9 Å². The first-order valence-corrected chi connectivity index (χ1v) is 6.80. The molecule has 0 bridgehead atoms. The van der Waals surface area contributed by atoms with Crippen molar-refractivity contribution in [2.45, 2.75) is 30.4 Å². The topological polar surface area (TPSA) is 95.4 Å². The van der Waals surface area contributed by atoms with Gasteiger partial charge in [0, 0.05) is 5.56 Å². The van der Waals surface area contributed by atoms with Crippen molar-refractivity contribution in [3.63, 3.8) is 0 Å². The van der Waals surface area contributed by atoms with Crippen LogP contribution in [-0.4, -0.2) is 24.8 Å². The van der Waals surface area contributed by atoms with E-state index in [4.69, 9.17) is 27.8 Å². The summed E-state index contributed by atoms with van der Waals surface area (Å²) in [4.78, 5) is 23.0.